The summed E-state index contributed by atoms with van der Waals surface area (Å²) in [6, 6.07) is 0.862. The van der Waals surface area contributed by atoms with Crippen LogP contribution in [0.1, 0.15) is 104 Å². The Balaban J connectivity index is 1.76. The maximum absolute atomic E-state index is 3.58. The largest absolute Gasteiger partial charge is 0.314 e. The molecule has 0 aromatic carbocycles. The fraction of sp³-hybridized carbons (Fsp3) is 0.900. The van der Waals surface area contributed by atoms with E-state index in [2.05, 4.69) is 25.2 Å². The number of unbranched alkanes of at least 4 members (excludes halogenated alkanes) is 9. The van der Waals surface area contributed by atoms with Gasteiger partial charge in [-0.1, -0.05) is 76.4 Å². The molecule has 1 rings (SSSR count). The number of allylic oxidation sites excluding steroid dienone is 1. The van der Waals surface area contributed by atoms with Crippen LogP contribution in [0.4, 0.5) is 0 Å². The van der Waals surface area contributed by atoms with Crippen molar-refractivity contribution in [2.45, 2.75) is 110 Å². The second-order valence-corrected chi connectivity index (χ2v) is 7.00. The molecule has 0 aromatic heterocycles. The second-order valence-electron chi connectivity index (χ2n) is 7.00. The quantitative estimate of drug-likeness (QED) is 0.272. The molecular weight excluding hydrogens is 254 g/mol. The zero-order chi connectivity index (χ0) is 15.2. The van der Waals surface area contributed by atoms with Crippen molar-refractivity contribution >= 4 is 0 Å². The highest BCUT2D eigenvalue weighted by Gasteiger charge is 2.19. The molecule has 1 aliphatic carbocycles. The molecule has 1 fully saturated rings. The lowest BCUT2D eigenvalue weighted by Crippen LogP contribution is -2.16. The first-order valence-corrected chi connectivity index (χ1v) is 9.72. The Morgan fingerprint density at radius 1 is 0.905 bits per heavy atom. The molecule has 0 unspecified atom stereocenters. The zero-order valence-corrected chi connectivity index (χ0v) is 14.8. The van der Waals surface area contributed by atoms with Gasteiger partial charge >= 0.3 is 0 Å². The molecule has 0 saturated heterocycles. The van der Waals surface area contributed by atoms with Gasteiger partial charge in [0.1, 0.15) is 0 Å². The average Bonchev–Trinajstić information content (AvgIpc) is 3.30. The number of nitrogens with one attached hydrogen (secondary N) is 1. The van der Waals surface area contributed by atoms with Gasteiger partial charge in [-0.2, -0.15) is 0 Å². The minimum Gasteiger partial charge on any atom is -0.314 e. The molecule has 124 valence electrons. The number of hydrogen-bond acceptors (Lipinski definition) is 1. The molecule has 1 aliphatic rings. The van der Waals surface area contributed by atoms with Gasteiger partial charge in [-0.05, 0) is 45.6 Å². The Labute approximate surface area is 134 Å². The summed E-state index contributed by atoms with van der Waals surface area (Å²) in [6.45, 7) is 5.78. The highest BCUT2D eigenvalue weighted by atomic mass is 14.9. The minimum absolute atomic E-state index is 0.862. The third kappa shape index (κ3) is 13.1. The van der Waals surface area contributed by atoms with Crippen molar-refractivity contribution in [3.05, 3.63) is 11.6 Å². The predicted octanol–water partition coefficient (Wildman–Crippen LogP) is 6.39. The van der Waals surface area contributed by atoms with E-state index in [0.717, 1.165) is 6.04 Å². The van der Waals surface area contributed by atoms with Crippen LogP contribution in [0.3, 0.4) is 0 Å². The Morgan fingerprint density at radius 2 is 1.48 bits per heavy atom. The third-order valence-corrected chi connectivity index (χ3v) is 4.57. The topological polar surface area (TPSA) is 12.0 Å². The van der Waals surface area contributed by atoms with E-state index >= 15 is 0 Å². The van der Waals surface area contributed by atoms with E-state index in [1.54, 1.807) is 5.57 Å². The van der Waals surface area contributed by atoms with Crippen molar-refractivity contribution in [2.24, 2.45) is 0 Å². The molecule has 0 spiro atoms. The van der Waals surface area contributed by atoms with Crippen LogP contribution in [-0.2, 0) is 0 Å². The lowest BCUT2D eigenvalue weighted by molar-refractivity contribution is 0.556. The van der Waals surface area contributed by atoms with E-state index < -0.39 is 0 Å². The van der Waals surface area contributed by atoms with Gasteiger partial charge in [-0.3, -0.25) is 0 Å². The van der Waals surface area contributed by atoms with Gasteiger partial charge < -0.3 is 5.32 Å². The fourth-order valence-corrected chi connectivity index (χ4v) is 2.89. The van der Waals surface area contributed by atoms with Gasteiger partial charge in [0.15, 0.2) is 0 Å². The molecule has 0 aromatic rings. The summed E-state index contributed by atoms with van der Waals surface area (Å²) in [5.74, 6) is 0. The average molecular weight is 294 g/mol. The molecule has 0 amide bonds. The van der Waals surface area contributed by atoms with Gasteiger partial charge in [-0.15, -0.1) is 0 Å². The van der Waals surface area contributed by atoms with E-state index in [9.17, 15) is 0 Å². The zero-order valence-electron chi connectivity index (χ0n) is 14.8. The minimum atomic E-state index is 0.862. The van der Waals surface area contributed by atoms with Crippen LogP contribution >= 0.6 is 0 Å². The molecule has 0 bridgehead atoms. The molecule has 0 aliphatic heterocycles. The summed E-state index contributed by atoms with van der Waals surface area (Å²) in [6.07, 6.45) is 22.2. The van der Waals surface area contributed by atoms with Crippen molar-refractivity contribution < 1.29 is 0 Å². The van der Waals surface area contributed by atoms with Crippen LogP contribution in [0, 0.1) is 0 Å². The second kappa shape index (κ2) is 13.4. The number of hydrogen-bond donors (Lipinski definition) is 1. The van der Waals surface area contributed by atoms with Crippen LogP contribution in [0.5, 0.6) is 0 Å². The van der Waals surface area contributed by atoms with Crippen LogP contribution in [0.2, 0.25) is 0 Å². The Bertz CT molecular complexity index is 253. The lowest BCUT2D eigenvalue weighted by atomic mass is 10.0. The maximum atomic E-state index is 3.58. The van der Waals surface area contributed by atoms with Crippen molar-refractivity contribution in [3.63, 3.8) is 0 Å². The van der Waals surface area contributed by atoms with Crippen LogP contribution < -0.4 is 5.32 Å². The molecule has 1 heteroatoms. The summed E-state index contributed by atoms with van der Waals surface area (Å²) < 4.78 is 0. The summed E-state index contributed by atoms with van der Waals surface area (Å²) >= 11 is 0. The lowest BCUT2D eigenvalue weighted by Gasteiger charge is -2.04. The summed E-state index contributed by atoms with van der Waals surface area (Å²) in [5.41, 5.74) is 1.60. The van der Waals surface area contributed by atoms with Crippen molar-refractivity contribution in [2.75, 3.05) is 6.54 Å². The van der Waals surface area contributed by atoms with Crippen LogP contribution in [0.15, 0.2) is 11.6 Å². The van der Waals surface area contributed by atoms with E-state index in [4.69, 9.17) is 0 Å². The molecule has 1 saturated carbocycles. The Kier molecular flexibility index (Phi) is 11.9. The van der Waals surface area contributed by atoms with E-state index in [0.29, 0.717) is 0 Å². The molecule has 1 N–H and O–H groups in total. The first-order valence-electron chi connectivity index (χ1n) is 9.72. The van der Waals surface area contributed by atoms with E-state index in [1.165, 1.54) is 96.4 Å². The maximum Gasteiger partial charge on any atom is 0.00683 e. The van der Waals surface area contributed by atoms with Crippen LogP contribution in [-0.4, -0.2) is 12.6 Å². The van der Waals surface area contributed by atoms with Crippen LogP contribution in [0.25, 0.3) is 0 Å². The first-order chi connectivity index (χ1) is 10.3. The highest BCUT2D eigenvalue weighted by molar-refractivity contribution is 4.98. The van der Waals surface area contributed by atoms with E-state index in [1.807, 2.05) is 0 Å². The summed E-state index contributed by atoms with van der Waals surface area (Å²) in [5, 5.41) is 3.58. The molecular formula is C20H39N. The number of rotatable bonds is 15. The van der Waals surface area contributed by atoms with Gasteiger partial charge in [0, 0.05) is 6.04 Å². The normalized spacial score (nSPS) is 15.6. The fourth-order valence-electron chi connectivity index (χ4n) is 2.89. The molecule has 0 heterocycles. The van der Waals surface area contributed by atoms with Crippen molar-refractivity contribution in [1.29, 1.82) is 0 Å². The SMILES string of the molecule is CCCCCCCCCCCCC(C)=CCCNC1CC1. The van der Waals surface area contributed by atoms with E-state index in [-0.39, 0.29) is 0 Å². The van der Waals surface area contributed by atoms with Gasteiger partial charge in [0.2, 0.25) is 0 Å². The first kappa shape index (κ1) is 18.7. The third-order valence-electron chi connectivity index (χ3n) is 4.57. The van der Waals surface area contributed by atoms with Gasteiger partial charge in [-0.25, -0.2) is 0 Å². The Hall–Kier alpha value is -0.300. The smallest absolute Gasteiger partial charge is 0.00683 e. The summed E-state index contributed by atoms with van der Waals surface area (Å²) in [7, 11) is 0. The summed E-state index contributed by atoms with van der Waals surface area (Å²) in [4.78, 5) is 0. The van der Waals surface area contributed by atoms with Crippen molar-refractivity contribution in [1.82, 2.24) is 5.32 Å². The predicted molar refractivity (Wildman–Crippen MR) is 95.9 cm³/mol. The molecule has 1 nitrogen and oxygen atoms in total. The monoisotopic (exact) mass is 293 g/mol. The standard InChI is InChI=1S/C20H39N/c1-3-4-5-6-7-8-9-10-11-12-14-19(2)15-13-18-21-20-16-17-20/h15,20-21H,3-14,16-18H2,1-2H3. The van der Waals surface area contributed by atoms with Gasteiger partial charge in [0.25, 0.3) is 0 Å². The molecule has 0 radical (unpaired) electrons. The molecule has 21 heavy (non-hydrogen) atoms. The molecule has 0 atom stereocenters. The van der Waals surface area contributed by atoms with Gasteiger partial charge in [0.05, 0.1) is 0 Å². The highest BCUT2D eigenvalue weighted by Crippen LogP contribution is 2.18. The Morgan fingerprint density at radius 3 is 2.05 bits per heavy atom. The van der Waals surface area contributed by atoms with Crippen molar-refractivity contribution in [3.8, 4) is 0 Å².